The van der Waals surface area contributed by atoms with Gasteiger partial charge in [-0.25, -0.2) is 9.59 Å². The monoisotopic (exact) mass is 458 g/mol. The van der Waals surface area contributed by atoms with E-state index in [0.717, 1.165) is 0 Å². The molecule has 0 fully saturated rings. The number of carboxylic acid groups (broad SMARTS) is 1. The van der Waals surface area contributed by atoms with Gasteiger partial charge in [0, 0.05) is 10.0 Å². The van der Waals surface area contributed by atoms with Crippen molar-refractivity contribution in [2.24, 2.45) is 0 Å². The molecule has 1 aliphatic heterocycles. The van der Waals surface area contributed by atoms with E-state index in [-0.39, 0.29) is 33.8 Å². The minimum Gasteiger partial charge on any atom is -0.481 e. The minimum atomic E-state index is -1.65. The highest BCUT2D eigenvalue weighted by Gasteiger charge is 2.41. The summed E-state index contributed by atoms with van der Waals surface area (Å²) >= 11 is 12.5. The second-order valence-electron chi connectivity index (χ2n) is 7.33. The lowest BCUT2D eigenvalue weighted by Crippen LogP contribution is -2.29. The van der Waals surface area contributed by atoms with E-state index in [1.54, 1.807) is 26.0 Å². The number of aliphatic carboxylic acids is 1. The van der Waals surface area contributed by atoms with Gasteiger partial charge < -0.3 is 18.7 Å². The van der Waals surface area contributed by atoms with Crippen LogP contribution in [0.5, 0.6) is 11.5 Å². The van der Waals surface area contributed by atoms with Crippen LogP contribution in [-0.2, 0) is 4.79 Å². The molecule has 0 spiro atoms. The van der Waals surface area contributed by atoms with E-state index in [1.165, 1.54) is 12.1 Å². The first kappa shape index (κ1) is 19.7. The summed E-state index contributed by atoms with van der Waals surface area (Å²) in [5.41, 5.74) is -0.783. The quantitative estimate of drug-likeness (QED) is 0.393. The molecule has 2 aromatic carbocycles. The molecule has 31 heavy (non-hydrogen) atoms. The number of carbonyl (C=O) groups is 1. The van der Waals surface area contributed by atoms with E-state index in [2.05, 4.69) is 0 Å². The van der Waals surface area contributed by atoms with Gasteiger partial charge in [0.2, 0.25) is 0 Å². The molecule has 0 atom stereocenters. The standard InChI is InChI=1S/C22H12Cl2O7/c1-7-3-13-9(5-11(7)23)18-16(21(27)29-13)15(20(25)26)17-19(31-18)10-6-12(24)8(2)4-14(10)30-22(17)28/h3-6,15H,1-2H3,(H,25,26). The fourth-order valence-corrected chi connectivity index (χ4v) is 4.16. The molecule has 0 bridgehead atoms. The number of hydrogen-bond donors (Lipinski definition) is 1. The third-order valence-corrected chi connectivity index (χ3v) is 6.19. The Morgan fingerprint density at radius 1 is 0.839 bits per heavy atom. The Morgan fingerprint density at radius 2 is 1.26 bits per heavy atom. The summed E-state index contributed by atoms with van der Waals surface area (Å²) in [6.45, 7) is 3.47. The molecule has 9 heteroatoms. The van der Waals surface area contributed by atoms with Crippen LogP contribution in [0.2, 0.25) is 10.0 Å². The molecular weight excluding hydrogens is 447 g/mol. The summed E-state index contributed by atoms with van der Waals surface area (Å²) in [6.07, 6.45) is 0. The molecule has 0 unspecified atom stereocenters. The molecule has 4 aromatic rings. The second kappa shape index (κ2) is 6.60. The fourth-order valence-electron chi connectivity index (χ4n) is 3.83. The van der Waals surface area contributed by atoms with Crippen molar-refractivity contribution in [3.63, 3.8) is 0 Å². The van der Waals surface area contributed by atoms with Crippen LogP contribution in [0.3, 0.4) is 0 Å². The van der Waals surface area contributed by atoms with E-state index in [0.29, 0.717) is 31.9 Å². The number of ether oxygens (including phenoxy) is 1. The van der Waals surface area contributed by atoms with Gasteiger partial charge in [0.25, 0.3) is 0 Å². The Hall–Kier alpha value is -3.29. The Morgan fingerprint density at radius 3 is 1.65 bits per heavy atom. The number of rotatable bonds is 1. The zero-order valence-electron chi connectivity index (χ0n) is 16.0. The summed E-state index contributed by atoms with van der Waals surface area (Å²) in [5, 5.41) is 11.3. The van der Waals surface area contributed by atoms with Gasteiger partial charge in [0.15, 0.2) is 0 Å². The summed E-state index contributed by atoms with van der Waals surface area (Å²) in [4.78, 5) is 37.8. The van der Waals surface area contributed by atoms with Gasteiger partial charge in [0.05, 0.1) is 10.8 Å². The number of halogens is 2. The molecule has 7 nitrogen and oxygen atoms in total. The van der Waals surface area contributed by atoms with Gasteiger partial charge in [0.1, 0.15) is 39.7 Å². The van der Waals surface area contributed by atoms with Crippen LogP contribution in [0, 0.1) is 13.8 Å². The number of hydrogen-bond acceptors (Lipinski definition) is 6. The molecule has 0 saturated heterocycles. The van der Waals surface area contributed by atoms with Crippen LogP contribution >= 0.6 is 23.2 Å². The smallest absolute Gasteiger partial charge is 0.344 e. The van der Waals surface area contributed by atoms with Crippen molar-refractivity contribution in [3.8, 4) is 11.5 Å². The number of carboxylic acids is 1. The molecule has 3 heterocycles. The predicted molar refractivity (Wildman–Crippen MR) is 114 cm³/mol. The van der Waals surface area contributed by atoms with Crippen LogP contribution in [0.25, 0.3) is 21.9 Å². The van der Waals surface area contributed by atoms with Crippen molar-refractivity contribution < 1.29 is 23.5 Å². The third-order valence-electron chi connectivity index (χ3n) is 5.37. The minimum absolute atomic E-state index is 0.0309. The molecule has 1 aliphatic rings. The Labute approximate surface area is 183 Å². The lowest BCUT2D eigenvalue weighted by atomic mass is 9.88. The molecule has 1 N–H and O–H groups in total. The fraction of sp³-hybridized carbons (Fsp3) is 0.136. The van der Waals surface area contributed by atoms with Crippen LogP contribution in [0.4, 0.5) is 0 Å². The molecule has 2 aromatic heterocycles. The summed E-state index contributed by atoms with van der Waals surface area (Å²) in [5.74, 6) is -3.14. The van der Waals surface area contributed by atoms with Crippen LogP contribution < -0.4 is 16.0 Å². The topological polar surface area (TPSA) is 107 Å². The summed E-state index contributed by atoms with van der Waals surface area (Å²) in [6, 6.07) is 6.18. The first-order chi connectivity index (χ1) is 14.7. The Kier molecular flexibility index (Phi) is 4.19. The predicted octanol–water partition coefficient (Wildman–Crippen LogP) is 5.15. The Bertz CT molecular complexity index is 1470. The highest BCUT2D eigenvalue weighted by atomic mass is 35.5. The Balaban J connectivity index is 1.96. The average molecular weight is 459 g/mol. The van der Waals surface area contributed by atoms with E-state index in [1.807, 2.05) is 0 Å². The van der Waals surface area contributed by atoms with Crippen molar-refractivity contribution in [2.75, 3.05) is 0 Å². The largest absolute Gasteiger partial charge is 0.481 e. The van der Waals surface area contributed by atoms with Crippen molar-refractivity contribution in [1.82, 2.24) is 0 Å². The maximum Gasteiger partial charge on any atom is 0.344 e. The lowest BCUT2D eigenvalue weighted by molar-refractivity contribution is -0.138. The van der Waals surface area contributed by atoms with Gasteiger partial charge in [-0.2, -0.15) is 0 Å². The summed E-state index contributed by atoms with van der Waals surface area (Å²) < 4.78 is 16.7. The SMILES string of the molecule is Cc1cc2oc(=O)c3c(c2cc1Cl)Oc1c(c(=O)oc2cc(C)c(Cl)cc12)C3C(=O)O. The number of fused-ring (bicyclic) bond motifs is 6. The van der Waals surface area contributed by atoms with Crippen LogP contribution in [0.1, 0.15) is 28.2 Å². The molecule has 5 rings (SSSR count). The van der Waals surface area contributed by atoms with E-state index in [9.17, 15) is 19.5 Å². The zero-order valence-corrected chi connectivity index (χ0v) is 17.6. The number of benzene rings is 2. The van der Waals surface area contributed by atoms with Crippen molar-refractivity contribution in [3.05, 3.63) is 77.4 Å². The summed E-state index contributed by atoms with van der Waals surface area (Å²) in [7, 11) is 0. The van der Waals surface area contributed by atoms with Crippen molar-refractivity contribution >= 4 is 51.1 Å². The van der Waals surface area contributed by atoms with Crippen molar-refractivity contribution in [1.29, 1.82) is 0 Å². The maximum absolute atomic E-state index is 12.8. The first-order valence-corrected chi connectivity index (χ1v) is 9.87. The van der Waals surface area contributed by atoms with Gasteiger partial charge in [-0.3, -0.25) is 4.79 Å². The lowest BCUT2D eigenvalue weighted by Gasteiger charge is -2.25. The third kappa shape index (κ3) is 2.77. The molecular formula is C22H12Cl2O7. The molecule has 0 aliphatic carbocycles. The second-order valence-corrected chi connectivity index (χ2v) is 8.15. The van der Waals surface area contributed by atoms with E-state index < -0.39 is 23.1 Å². The van der Waals surface area contributed by atoms with Gasteiger partial charge in [-0.1, -0.05) is 23.2 Å². The average Bonchev–Trinajstić information content (AvgIpc) is 2.70. The van der Waals surface area contributed by atoms with Crippen molar-refractivity contribution in [2.45, 2.75) is 19.8 Å². The normalized spacial score (nSPS) is 13.2. The molecule has 0 saturated carbocycles. The van der Waals surface area contributed by atoms with Crippen LogP contribution in [-0.4, -0.2) is 11.1 Å². The number of aryl methyl sites for hydroxylation is 2. The molecule has 156 valence electrons. The first-order valence-electron chi connectivity index (χ1n) is 9.11. The zero-order chi connectivity index (χ0) is 22.2. The highest BCUT2D eigenvalue weighted by molar-refractivity contribution is 6.32. The van der Waals surface area contributed by atoms with Gasteiger partial charge in [-0.05, 0) is 49.2 Å². The van der Waals surface area contributed by atoms with Gasteiger partial charge >= 0.3 is 17.2 Å². The van der Waals surface area contributed by atoms with Gasteiger partial charge in [-0.15, -0.1) is 0 Å². The van der Waals surface area contributed by atoms with E-state index in [4.69, 9.17) is 36.8 Å². The molecule has 0 amide bonds. The van der Waals surface area contributed by atoms with Crippen LogP contribution in [0.15, 0.2) is 42.7 Å². The highest BCUT2D eigenvalue weighted by Crippen LogP contribution is 2.48. The maximum atomic E-state index is 12.8. The molecule has 0 radical (unpaired) electrons. The van der Waals surface area contributed by atoms with E-state index >= 15 is 0 Å².